The summed E-state index contributed by atoms with van der Waals surface area (Å²) in [4.78, 5) is 0. The van der Waals surface area contributed by atoms with Crippen molar-refractivity contribution in [3.63, 3.8) is 0 Å². The van der Waals surface area contributed by atoms with Crippen LogP contribution < -0.4 is 0 Å². The van der Waals surface area contributed by atoms with Gasteiger partial charge in [0.1, 0.15) is 0 Å². The molecule has 2 rings (SSSR count). The molecule has 0 amide bonds. The quantitative estimate of drug-likeness (QED) is 0.332. The number of nitrogens with zero attached hydrogens (tertiary/aromatic N) is 1. The predicted octanol–water partition coefficient (Wildman–Crippen LogP) is 7.02. The molecule has 0 bridgehead atoms. The topological polar surface area (TPSA) is 23.8 Å². The molecule has 0 N–H and O–H groups in total. The Labute approximate surface area is 155 Å². The maximum Gasteiger partial charge on any atom is 0.0908 e. The predicted molar refractivity (Wildman–Crippen MR) is 107 cm³/mol. The Kier molecular flexibility index (Phi) is 9.42. The first kappa shape index (κ1) is 19.8. The van der Waals surface area contributed by atoms with E-state index < -0.39 is 0 Å². The van der Waals surface area contributed by atoms with E-state index in [1.54, 1.807) is 6.08 Å². The number of aryl methyl sites for hydroxylation is 2. The lowest BCUT2D eigenvalue weighted by atomic mass is 9.78. The van der Waals surface area contributed by atoms with Crippen molar-refractivity contribution in [2.45, 2.75) is 84.0 Å². The van der Waals surface area contributed by atoms with Crippen molar-refractivity contribution in [1.82, 2.24) is 0 Å². The molecule has 0 aromatic heterocycles. The Hall–Kier alpha value is -1.55. The Morgan fingerprint density at radius 2 is 1.52 bits per heavy atom. The summed E-state index contributed by atoms with van der Waals surface area (Å²) in [7, 11) is 0. The molecule has 0 spiro atoms. The zero-order chi connectivity index (χ0) is 17.7. The minimum absolute atomic E-state index is 0.891. The molecule has 1 saturated carbocycles. The number of benzene rings is 1. The van der Waals surface area contributed by atoms with Crippen molar-refractivity contribution in [3.05, 3.63) is 47.5 Å². The lowest BCUT2D eigenvalue weighted by molar-refractivity contribution is 0.254. The molecule has 25 heavy (non-hydrogen) atoms. The highest BCUT2D eigenvalue weighted by Crippen LogP contribution is 2.34. The van der Waals surface area contributed by atoms with E-state index in [9.17, 15) is 0 Å². The molecule has 0 radical (unpaired) electrons. The summed E-state index contributed by atoms with van der Waals surface area (Å²) < 4.78 is 0. The molecule has 1 aliphatic carbocycles. The number of hydrogen-bond donors (Lipinski definition) is 0. The van der Waals surface area contributed by atoms with Gasteiger partial charge in [0.25, 0.3) is 0 Å². The van der Waals surface area contributed by atoms with Crippen LogP contribution in [0.15, 0.2) is 36.4 Å². The summed E-state index contributed by atoms with van der Waals surface area (Å²) >= 11 is 0. The minimum Gasteiger partial charge on any atom is -0.193 e. The van der Waals surface area contributed by atoms with Gasteiger partial charge >= 0.3 is 0 Å². The molecule has 0 unspecified atom stereocenters. The summed E-state index contributed by atoms with van der Waals surface area (Å²) in [5.74, 6) is 1.82. The van der Waals surface area contributed by atoms with Crippen molar-refractivity contribution < 1.29 is 0 Å². The fourth-order valence-corrected chi connectivity index (χ4v) is 4.10. The van der Waals surface area contributed by atoms with Gasteiger partial charge in [-0.1, -0.05) is 75.8 Å². The van der Waals surface area contributed by atoms with Crippen LogP contribution in [0.3, 0.4) is 0 Å². The normalized spacial score (nSPS) is 20.6. The summed E-state index contributed by atoms with van der Waals surface area (Å²) in [6, 6.07) is 11.5. The van der Waals surface area contributed by atoms with Crippen LogP contribution in [0.25, 0.3) is 0 Å². The third-order valence-corrected chi connectivity index (χ3v) is 5.83. The number of rotatable bonds is 10. The highest BCUT2D eigenvalue weighted by atomic mass is 14.3. The van der Waals surface area contributed by atoms with E-state index in [1.165, 1.54) is 81.8 Å². The first-order chi connectivity index (χ1) is 12.3. The van der Waals surface area contributed by atoms with E-state index >= 15 is 0 Å². The summed E-state index contributed by atoms with van der Waals surface area (Å²) in [6.45, 7) is 2.27. The highest BCUT2D eigenvalue weighted by Gasteiger charge is 2.20. The first-order valence-electron chi connectivity index (χ1n) is 10.4. The van der Waals surface area contributed by atoms with E-state index in [0.717, 1.165) is 18.3 Å². The van der Waals surface area contributed by atoms with Gasteiger partial charge in [-0.3, -0.25) is 0 Å². The second-order valence-corrected chi connectivity index (χ2v) is 7.81. The molecule has 0 heterocycles. The Morgan fingerprint density at radius 1 is 0.920 bits per heavy atom. The van der Waals surface area contributed by atoms with Crippen molar-refractivity contribution >= 4 is 0 Å². The van der Waals surface area contributed by atoms with Crippen LogP contribution >= 0.6 is 0 Å². The third kappa shape index (κ3) is 7.91. The van der Waals surface area contributed by atoms with Crippen LogP contribution in [0.4, 0.5) is 0 Å². The average Bonchev–Trinajstić information content (AvgIpc) is 2.66. The molecule has 1 fully saturated rings. The van der Waals surface area contributed by atoms with Crippen molar-refractivity contribution in [3.8, 4) is 6.07 Å². The van der Waals surface area contributed by atoms with Crippen LogP contribution in [-0.2, 0) is 12.8 Å². The van der Waals surface area contributed by atoms with Crippen LogP contribution in [0.1, 0.15) is 82.3 Å². The molecule has 0 aliphatic heterocycles. The van der Waals surface area contributed by atoms with Gasteiger partial charge in [-0.05, 0) is 61.5 Å². The Morgan fingerprint density at radius 3 is 2.12 bits per heavy atom. The van der Waals surface area contributed by atoms with Gasteiger partial charge in [0.15, 0.2) is 0 Å². The largest absolute Gasteiger partial charge is 0.193 e. The van der Waals surface area contributed by atoms with Gasteiger partial charge in [-0.15, -0.1) is 0 Å². The summed E-state index contributed by atoms with van der Waals surface area (Å²) in [5.41, 5.74) is 3.02. The van der Waals surface area contributed by atoms with Crippen molar-refractivity contribution in [2.24, 2.45) is 11.8 Å². The lowest BCUT2D eigenvalue weighted by Crippen LogP contribution is -2.15. The highest BCUT2D eigenvalue weighted by molar-refractivity contribution is 5.22. The molecule has 0 saturated heterocycles. The van der Waals surface area contributed by atoms with E-state index in [2.05, 4.69) is 37.3 Å². The Balaban J connectivity index is 1.62. The number of hydrogen-bond acceptors (Lipinski definition) is 1. The zero-order valence-electron chi connectivity index (χ0n) is 16.1. The lowest BCUT2D eigenvalue weighted by Gasteiger charge is -2.28. The molecule has 1 aromatic carbocycles. The molecule has 136 valence electrons. The second kappa shape index (κ2) is 11.9. The number of unbranched alkanes of at least 4 members (excludes halogenated alkanes) is 2. The number of allylic oxidation sites excluding steroid dienone is 2. The Bertz CT molecular complexity index is 526. The van der Waals surface area contributed by atoms with Gasteiger partial charge in [0.2, 0.25) is 0 Å². The summed E-state index contributed by atoms with van der Waals surface area (Å²) in [6.07, 6.45) is 19.4. The molecule has 1 heteroatoms. The SMILES string of the molecule is CCCCCc1ccc(CC[C@H]2CC[C@H](CC/C=C/C#N)CC2)cc1. The minimum atomic E-state index is 0.891. The van der Waals surface area contributed by atoms with Gasteiger partial charge in [0, 0.05) is 6.08 Å². The monoisotopic (exact) mass is 337 g/mol. The van der Waals surface area contributed by atoms with Crippen LogP contribution in [0, 0.1) is 23.2 Å². The van der Waals surface area contributed by atoms with E-state index in [0.29, 0.717) is 0 Å². The van der Waals surface area contributed by atoms with Crippen LogP contribution in [0.2, 0.25) is 0 Å². The standard InChI is InChI=1S/C24H35N/c1-2-3-5-8-21-10-14-23(15-11-21)18-19-24-16-12-22(13-17-24)9-6-4-7-20-25/h4,7,10-11,14-15,22,24H,2-3,5-6,8-9,12-13,16-19H2,1H3/b7-4+/t22-,24-. The molecule has 1 nitrogen and oxygen atoms in total. The summed E-state index contributed by atoms with van der Waals surface area (Å²) in [5, 5.41) is 8.52. The van der Waals surface area contributed by atoms with Gasteiger partial charge in [-0.2, -0.15) is 5.26 Å². The molecule has 1 aromatic rings. The van der Waals surface area contributed by atoms with Crippen molar-refractivity contribution in [2.75, 3.05) is 0 Å². The van der Waals surface area contributed by atoms with Crippen molar-refractivity contribution in [1.29, 1.82) is 5.26 Å². The van der Waals surface area contributed by atoms with Crippen LogP contribution in [-0.4, -0.2) is 0 Å². The molecule has 1 aliphatic rings. The maximum atomic E-state index is 8.52. The van der Waals surface area contributed by atoms with Crippen LogP contribution in [0.5, 0.6) is 0 Å². The van der Waals surface area contributed by atoms with E-state index in [4.69, 9.17) is 5.26 Å². The second-order valence-electron chi connectivity index (χ2n) is 7.81. The smallest absolute Gasteiger partial charge is 0.0908 e. The average molecular weight is 338 g/mol. The molecular formula is C24H35N. The maximum absolute atomic E-state index is 8.52. The molecular weight excluding hydrogens is 302 g/mol. The fraction of sp³-hybridized carbons (Fsp3) is 0.625. The van der Waals surface area contributed by atoms with Gasteiger partial charge in [0.05, 0.1) is 6.07 Å². The fourth-order valence-electron chi connectivity index (χ4n) is 4.10. The van der Waals surface area contributed by atoms with E-state index in [-0.39, 0.29) is 0 Å². The third-order valence-electron chi connectivity index (χ3n) is 5.83. The van der Waals surface area contributed by atoms with E-state index in [1.807, 2.05) is 6.08 Å². The van der Waals surface area contributed by atoms with Gasteiger partial charge < -0.3 is 0 Å². The molecule has 0 atom stereocenters. The first-order valence-corrected chi connectivity index (χ1v) is 10.4. The number of nitriles is 1. The zero-order valence-corrected chi connectivity index (χ0v) is 16.1. The van der Waals surface area contributed by atoms with Gasteiger partial charge in [-0.25, -0.2) is 0 Å².